The van der Waals surface area contributed by atoms with Crippen LogP contribution in [0.5, 0.6) is 0 Å². The lowest BCUT2D eigenvalue weighted by atomic mass is 11.8. The average molecular weight is 125 g/mol. The molecule has 0 aromatic carbocycles. The van der Waals surface area contributed by atoms with Gasteiger partial charge in [-0.1, -0.05) is 0 Å². The van der Waals surface area contributed by atoms with E-state index in [1.54, 1.807) is 0 Å². The van der Waals surface area contributed by atoms with Crippen molar-refractivity contribution in [2.75, 3.05) is 0 Å². The van der Waals surface area contributed by atoms with Crippen LogP contribution in [0, 0.1) is 10.7 Å². The molecule has 6 heteroatoms. The SMILES string of the molecule is N#CS(=O)(=O)O.[NH4+]. The van der Waals surface area contributed by atoms with Gasteiger partial charge in [0.05, 0.1) is 0 Å². The van der Waals surface area contributed by atoms with Gasteiger partial charge in [0.1, 0.15) is 0 Å². The first-order chi connectivity index (χ1) is 2.56. The van der Waals surface area contributed by atoms with Crippen molar-refractivity contribution in [3.05, 3.63) is 0 Å². The zero-order valence-corrected chi connectivity index (χ0v) is 4.44. The van der Waals surface area contributed by atoms with Gasteiger partial charge in [0.15, 0.2) is 0 Å². The van der Waals surface area contributed by atoms with E-state index >= 15 is 0 Å². The molecule has 0 rings (SSSR count). The average Bonchev–Trinajstić information content (AvgIpc) is 1.35. The van der Waals surface area contributed by atoms with Crippen LogP contribution in [0.3, 0.4) is 0 Å². The molecule has 0 aromatic heterocycles. The third kappa shape index (κ3) is 10.9. The van der Waals surface area contributed by atoms with Crippen molar-refractivity contribution < 1.29 is 13.0 Å². The number of quaternary nitrogens is 1. The fourth-order valence-electron chi connectivity index (χ4n) is 0. The second-order valence-corrected chi connectivity index (χ2v) is 1.70. The Morgan fingerprint density at radius 2 is 1.71 bits per heavy atom. The second-order valence-electron chi connectivity index (χ2n) is 0.566. The molecular formula is CH5N2O3S+. The van der Waals surface area contributed by atoms with Crippen LogP contribution in [0.1, 0.15) is 0 Å². The van der Waals surface area contributed by atoms with Crippen molar-refractivity contribution >= 4 is 10.1 Å². The number of hydrogen-bond donors (Lipinski definition) is 2. The van der Waals surface area contributed by atoms with Gasteiger partial charge in [-0.2, -0.15) is 13.7 Å². The highest BCUT2D eigenvalue weighted by atomic mass is 32.2. The number of nitrogens with zero attached hydrogens (tertiary/aromatic N) is 1. The predicted molar refractivity (Wildman–Crippen MR) is 23.1 cm³/mol. The zero-order valence-electron chi connectivity index (χ0n) is 3.62. The first-order valence-electron chi connectivity index (χ1n) is 0.944. The standard InChI is InChI=1S/CHNO3S.H3N/c2-1-6(3,4)5;/h(H,3,4,5);1H3/p+1. The smallest absolute Gasteiger partial charge is 0.360 e. The van der Waals surface area contributed by atoms with E-state index in [9.17, 15) is 8.42 Å². The Morgan fingerprint density at radius 1 is 1.57 bits per heavy atom. The summed E-state index contributed by atoms with van der Waals surface area (Å²) < 4.78 is 25.8. The molecule has 0 atom stereocenters. The molecule has 0 aliphatic carbocycles. The third-order valence-corrected chi connectivity index (χ3v) is 0.346. The summed E-state index contributed by atoms with van der Waals surface area (Å²) in [7, 11) is -4.36. The lowest BCUT2D eigenvalue weighted by molar-refractivity contribution is 0.496. The molecule has 0 spiro atoms. The normalized spacial score (nSPS) is 8.57. The van der Waals surface area contributed by atoms with Crippen molar-refractivity contribution in [3.63, 3.8) is 0 Å². The van der Waals surface area contributed by atoms with E-state index in [4.69, 9.17) is 9.81 Å². The zero-order chi connectivity index (χ0) is 5.21. The predicted octanol–water partition coefficient (Wildman–Crippen LogP) is -0.269. The molecule has 0 heterocycles. The summed E-state index contributed by atoms with van der Waals surface area (Å²) in [5.41, 5.74) is 0. The van der Waals surface area contributed by atoms with Crippen LogP contribution in [-0.4, -0.2) is 13.0 Å². The fourth-order valence-corrected chi connectivity index (χ4v) is 0. The number of nitriles is 1. The van der Waals surface area contributed by atoms with Gasteiger partial charge in [-0.25, -0.2) is 0 Å². The molecule has 5 nitrogen and oxygen atoms in total. The maximum Gasteiger partial charge on any atom is 0.360 e. The highest BCUT2D eigenvalue weighted by Gasteiger charge is 1.93. The molecular weight excluding hydrogens is 120 g/mol. The van der Waals surface area contributed by atoms with E-state index in [2.05, 4.69) is 0 Å². The first-order valence-corrected chi connectivity index (χ1v) is 2.38. The molecule has 0 bridgehead atoms. The van der Waals surface area contributed by atoms with Gasteiger partial charge in [0.2, 0.25) is 5.40 Å². The maximum absolute atomic E-state index is 9.19. The van der Waals surface area contributed by atoms with E-state index in [0.717, 1.165) is 0 Å². The summed E-state index contributed by atoms with van der Waals surface area (Å²) in [6, 6.07) is 0. The van der Waals surface area contributed by atoms with Crippen molar-refractivity contribution in [2.24, 2.45) is 0 Å². The Balaban J connectivity index is 0. The van der Waals surface area contributed by atoms with E-state index < -0.39 is 10.1 Å². The monoisotopic (exact) mass is 125 g/mol. The van der Waals surface area contributed by atoms with Crippen LogP contribution in [-0.2, 0) is 10.1 Å². The van der Waals surface area contributed by atoms with E-state index in [-0.39, 0.29) is 6.15 Å². The summed E-state index contributed by atoms with van der Waals surface area (Å²) in [5, 5.41) is 7.95. The molecule has 0 radical (unpaired) electrons. The third-order valence-electron chi connectivity index (χ3n) is 0.115. The Bertz CT molecular complexity index is 162. The number of hydrogen-bond acceptors (Lipinski definition) is 3. The summed E-state index contributed by atoms with van der Waals surface area (Å²) in [6.07, 6.45) is 0. The minimum absolute atomic E-state index is 0. The van der Waals surface area contributed by atoms with Gasteiger partial charge in [0.25, 0.3) is 0 Å². The van der Waals surface area contributed by atoms with Crippen LogP contribution >= 0.6 is 0 Å². The molecule has 0 aromatic rings. The maximum atomic E-state index is 9.19. The van der Waals surface area contributed by atoms with Gasteiger partial charge in [-0.15, -0.1) is 0 Å². The van der Waals surface area contributed by atoms with Gasteiger partial charge in [0, 0.05) is 0 Å². The fraction of sp³-hybridized carbons (Fsp3) is 0. The summed E-state index contributed by atoms with van der Waals surface area (Å²) in [6.45, 7) is 0. The van der Waals surface area contributed by atoms with Gasteiger partial charge in [-0.05, 0) is 0 Å². The van der Waals surface area contributed by atoms with Gasteiger partial charge < -0.3 is 6.15 Å². The minimum atomic E-state index is -4.36. The molecule has 0 unspecified atom stereocenters. The Morgan fingerprint density at radius 3 is 1.71 bits per heavy atom. The topological polar surface area (TPSA) is 115 Å². The molecule has 42 valence electrons. The van der Waals surface area contributed by atoms with Crippen molar-refractivity contribution in [1.82, 2.24) is 6.15 Å². The lowest BCUT2D eigenvalue weighted by Crippen LogP contribution is -1.87. The van der Waals surface area contributed by atoms with E-state index in [1.165, 1.54) is 0 Å². The molecule has 0 aliphatic heterocycles. The molecule has 5 N–H and O–H groups in total. The number of rotatable bonds is 0. The molecule has 0 amide bonds. The van der Waals surface area contributed by atoms with Crippen molar-refractivity contribution in [3.8, 4) is 5.40 Å². The first kappa shape index (κ1) is 9.61. The summed E-state index contributed by atoms with van der Waals surface area (Å²) >= 11 is 0. The Kier molecular flexibility index (Phi) is 3.46. The highest BCUT2D eigenvalue weighted by molar-refractivity contribution is 7.90. The van der Waals surface area contributed by atoms with E-state index in [0.29, 0.717) is 5.40 Å². The quantitative estimate of drug-likeness (QED) is 0.263. The van der Waals surface area contributed by atoms with Gasteiger partial charge in [-0.3, -0.25) is 4.55 Å². The highest BCUT2D eigenvalue weighted by Crippen LogP contribution is 1.68. The molecule has 0 fully saturated rings. The second kappa shape index (κ2) is 2.52. The van der Waals surface area contributed by atoms with Crippen LogP contribution in [0.2, 0.25) is 0 Å². The van der Waals surface area contributed by atoms with Gasteiger partial charge >= 0.3 is 10.1 Å². The molecule has 0 saturated heterocycles. The summed E-state index contributed by atoms with van der Waals surface area (Å²) in [4.78, 5) is 0. The molecule has 0 saturated carbocycles. The van der Waals surface area contributed by atoms with Crippen molar-refractivity contribution in [2.45, 2.75) is 0 Å². The number of thiocyanates is 1. The lowest BCUT2D eigenvalue weighted by Gasteiger charge is -1.65. The molecule has 0 aliphatic rings. The van der Waals surface area contributed by atoms with Crippen LogP contribution in [0.4, 0.5) is 0 Å². The Hall–Kier alpha value is -0.640. The van der Waals surface area contributed by atoms with E-state index in [1.807, 2.05) is 0 Å². The summed E-state index contributed by atoms with van der Waals surface area (Å²) in [5.74, 6) is 0. The Labute approximate surface area is 40.9 Å². The van der Waals surface area contributed by atoms with Crippen LogP contribution in [0.25, 0.3) is 0 Å². The molecule has 7 heavy (non-hydrogen) atoms. The van der Waals surface area contributed by atoms with Crippen LogP contribution < -0.4 is 6.15 Å². The minimum Gasteiger partial charge on any atom is -0.369 e. The van der Waals surface area contributed by atoms with Crippen LogP contribution in [0.15, 0.2) is 0 Å². The van der Waals surface area contributed by atoms with Crippen molar-refractivity contribution in [1.29, 1.82) is 5.26 Å². The largest absolute Gasteiger partial charge is 0.369 e.